The molecular formula is C20H28O2. The highest BCUT2D eigenvalue weighted by atomic mass is 16.7. The van der Waals surface area contributed by atoms with Crippen molar-refractivity contribution in [3.05, 3.63) is 29.8 Å². The summed E-state index contributed by atoms with van der Waals surface area (Å²) in [6.45, 7) is 5.75. The Morgan fingerprint density at radius 1 is 1.00 bits per heavy atom. The zero-order valence-corrected chi connectivity index (χ0v) is 13.8. The maximum Gasteiger partial charge on any atom is 0.199 e. The van der Waals surface area contributed by atoms with Gasteiger partial charge < -0.3 is 9.47 Å². The summed E-state index contributed by atoms with van der Waals surface area (Å²) in [6, 6.07) is 8.88. The van der Waals surface area contributed by atoms with E-state index in [1.165, 1.54) is 31.2 Å². The van der Waals surface area contributed by atoms with E-state index < -0.39 is 0 Å². The van der Waals surface area contributed by atoms with Gasteiger partial charge in [0, 0.05) is 6.42 Å². The zero-order valence-electron chi connectivity index (χ0n) is 13.8. The van der Waals surface area contributed by atoms with E-state index in [9.17, 15) is 0 Å². The number of benzene rings is 1. The molecule has 0 N–H and O–H groups in total. The number of hydrogen-bond donors (Lipinski definition) is 0. The van der Waals surface area contributed by atoms with Crippen LogP contribution in [0.25, 0.3) is 0 Å². The zero-order chi connectivity index (χ0) is 15.1. The van der Waals surface area contributed by atoms with E-state index >= 15 is 0 Å². The van der Waals surface area contributed by atoms with Crippen LogP contribution in [0.15, 0.2) is 24.3 Å². The van der Waals surface area contributed by atoms with Crippen molar-refractivity contribution >= 4 is 0 Å². The predicted molar refractivity (Wildman–Crippen MR) is 87.9 cm³/mol. The molecule has 0 spiro atoms. The fraction of sp³-hybridized carbons (Fsp3) is 0.700. The van der Waals surface area contributed by atoms with Crippen molar-refractivity contribution in [2.75, 3.05) is 6.61 Å². The minimum Gasteiger partial charge on any atom is -0.465 e. The van der Waals surface area contributed by atoms with Crippen LogP contribution >= 0.6 is 0 Å². The quantitative estimate of drug-likeness (QED) is 0.783. The smallest absolute Gasteiger partial charge is 0.199 e. The molecule has 4 rings (SSSR count). The summed E-state index contributed by atoms with van der Waals surface area (Å²) in [6.07, 6.45) is 6.19. The molecule has 0 aromatic heterocycles. The van der Waals surface area contributed by atoms with E-state index in [0.717, 1.165) is 48.4 Å². The Morgan fingerprint density at radius 2 is 1.82 bits per heavy atom. The molecule has 6 unspecified atom stereocenters. The van der Waals surface area contributed by atoms with Crippen LogP contribution in [0.1, 0.15) is 57.4 Å². The van der Waals surface area contributed by atoms with Gasteiger partial charge in [-0.3, -0.25) is 0 Å². The first-order valence-corrected chi connectivity index (χ1v) is 9.10. The highest BCUT2D eigenvalue weighted by Crippen LogP contribution is 2.58. The number of rotatable bonds is 3. The molecule has 22 heavy (non-hydrogen) atoms. The summed E-state index contributed by atoms with van der Waals surface area (Å²) >= 11 is 0. The SMILES string of the molecule is CC1C2CC(c3ccc(OC4CCCCO4)cc3)C(C2)C1C. The summed E-state index contributed by atoms with van der Waals surface area (Å²) in [4.78, 5) is 0. The monoisotopic (exact) mass is 300 g/mol. The third-order valence-corrected chi connectivity index (χ3v) is 6.61. The molecule has 1 aliphatic heterocycles. The number of ether oxygens (including phenoxy) is 2. The van der Waals surface area contributed by atoms with Crippen LogP contribution < -0.4 is 4.74 Å². The molecule has 2 nitrogen and oxygen atoms in total. The Hall–Kier alpha value is -1.02. The van der Waals surface area contributed by atoms with Crippen molar-refractivity contribution in [3.8, 4) is 5.75 Å². The first-order valence-electron chi connectivity index (χ1n) is 9.10. The van der Waals surface area contributed by atoms with Gasteiger partial charge in [-0.25, -0.2) is 0 Å². The maximum atomic E-state index is 5.95. The van der Waals surface area contributed by atoms with Gasteiger partial charge in [0.2, 0.25) is 0 Å². The molecule has 1 aromatic carbocycles. The molecule has 2 aliphatic carbocycles. The topological polar surface area (TPSA) is 18.5 Å². The van der Waals surface area contributed by atoms with Crippen LogP contribution in [0.2, 0.25) is 0 Å². The van der Waals surface area contributed by atoms with Gasteiger partial charge in [0.1, 0.15) is 5.75 Å². The first-order chi connectivity index (χ1) is 10.7. The molecular weight excluding hydrogens is 272 g/mol. The highest BCUT2D eigenvalue weighted by molar-refractivity contribution is 5.31. The van der Waals surface area contributed by atoms with Gasteiger partial charge >= 0.3 is 0 Å². The molecule has 2 bridgehead atoms. The third kappa shape index (κ3) is 2.56. The number of hydrogen-bond acceptors (Lipinski definition) is 2. The standard InChI is InChI=1S/C20H28O2/c1-13-14(2)18-11-16(13)12-19(18)15-6-8-17(9-7-15)22-20-5-3-4-10-21-20/h6-9,13-14,16,18-20H,3-5,10-12H2,1-2H3. The molecule has 2 saturated carbocycles. The lowest BCUT2D eigenvalue weighted by Crippen LogP contribution is -2.25. The normalized spacial score (nSPS) is 40.8. The minimum atomic E-state index is -0.0389. The lowest BCUT2D eigenvalue weighted by molar-refractivity contribution is -0.105. The average molecular weight is 300 g/mol. The lowest BCUT2D eigenvalue weighted by atomic mass is 9.73. The summed E-state index contributed by atoms with van der Waals surface area (Å²) in [5.74, 6) is 5.39. The van der Waals surface area contributed by atoms with E-state index in [-0.39, 0.29) is 6.29 Å². The fourth-order valence-corrected chi connectivity index (χ4v) is 5.07. The Balaban J connectivity index is 1.42. The van der Waals surface area contributed by atoms with Gasteiger partial charge in [0.05, 0.1) is 6.61 Å². The maximum absolute atomic E-state index is 5.95. The first kappa shape index (κ1) is 14.6. The molecule has 3 fully saturated rings. The number of fused-ring (bicyclic) bond motifs is 2. The van der Waals surface area contributed by atoms with Crippen LogP contribution in [0.5, 0.6) is 5.75 Å². The summed E-state index contributed by atoms with van der Waals surface area (Å²) in [7, 11) is 0. The van der Waals surface area contributed by atoms with Gasteiger partial charge in [-0.2, -0.15) is 0 Å². The largest absolute Gasteiger partial charge is 0.465 e. The molecule has 1 heterocycles. The van der Waals surface area contributed by atoms with Crippen molar-refractivity contribution in [1.29, 1.82) is 0 Å². The van der Waals surface area contributed by atoms with E-state index in [4.69, 9.17) is 9.47 Å². The molecule has 2 heteroatoms. The van der Waals surface area contributed by atoms with Crippen LogP contribution in [0.4, 0.5) is 0 Å². The second kappa shape index (κ2) is 5.88. The van der Waals surface area contributed by atoms with Gasteiger partial charge in [0.15, 0.2) is 6.29 Å². The van der Waals surface area contributed by atoms with Crippen molar-refractivity contribution in [2.24, 2.45) is 23.7 Å². The third-order valence-electron chi connectivity index (χ3n) is 6.61. The molecule has 0 amide bonds. The van der Waals surface area contributed by atoms with Crippen molar-refractivity contribution in [2.45, 2.75) is 58.2 Å². The summed E-state index contributed by atoms with van der Waals surface area (Å²) in [5, 5.41) is 0. The lowest BCUT2D eigenvalue weighted by Gasteiger charge is -2.32. The Morgan fingerprint density at radius 3 is 2.45 bits per heavy atom. The molecule has 3 aliphatic rings. The van der Waals surface area contributed by atoms with Crippen LogP contribution in [0, 0.1) is 23.7 Å². The van der Waals surface area contributed by atoms with Gasteiger partial charge in [-0.15, -0.1) is 0 Å². The molecule has 6 atom stereocenters. The Kier molecular flexibility index (Phi) is 3.89. The fourth-order valence-electron chi connectivity index (χ4n) is 5.07. The van der Waals surface area contributed by atoms with Crippen molar-refractivity contribution in [1.82, 2.24) is 0 Å². The van der Waals surface area contributed by atoms with Crippen molar-refractivity contribution < 1.29 is 9.47 Å². The van der Waals surface area contributed by atoms with E-state index in [1.807, 2.05) is 0 Å². The van der Waals surface area contributed by atoms with Crippen LogP contribution in [0.3, 0.4) is 0 Å². The van der Waals surface area contributed by atoms with Gasteiger partial charge in [-0.1, -0.05) is 26.0 Å². The van der Waals surface area contributed by atoms with E-state index in [2.05, 4.69) is 38.1 Å². The highest BCUT2D eigenvalue weighted by Gasteiger charge is 2.48. The Bertz CT molecular complexity index is 501. The molecule has 1 aromatic rings. The molecule has 120 valence electrons. The average Bonchev–Trinajstić information content (AvgIpc) is 3.10. The second-order valence-corrected chi connectivity index (χ2v) is 7.70. The van der Waals surface area contributed by atoms with Gasteiger partial charge in [0.25, 0.3) is 0 Å². The van der Waals surface area contributed by atoms with Crippen LogP contribution in [-0.4, -0.2) is 12.9 Å². The molecule has 0 radical (unpaired) electrons. The minimum absolute atomic E-state index is 0.0389. The van der Waals surface area contributed by atoms with E-state index in [0.29, 0.717) is 0 Å². The second-order valence-electron chi connectivity index (χ2n) is 7.70. The molecule has 1 saturated heterocycles. The van der Waals surface area contributed by atoms with Crippen molar-refractivity contribution in [3.63, 3.8) is 0 Å². The van der Waals surface area contributed by atoms with E-state index in [1.54, 1.807) is 0 Å². The van der Waals surface area contributed by atoms with Gasteiger partial charge in [-0.05, 0) is 73.0 Å². The predicted octanol–water partition coefficient (Wildman–Crippen LogP) is 4.99. The summed E-state index contributed by atoms with van der Waals surface area (Å²) in [5.41, 5.74) is 1.52. The summed E-state index contributed by atoms with van der Waals surface area (Å²) < 4.78 is 11.6. The Labute approximate surface area is 134 Å². The van der Waals surface area contributed by atoms with Crippen LogP contribution in [-0.2, 0) is 4.74 Å².